The second-order valence-corrected chi connectivity index (χ2v) is 4.95. The Hall–Kier alpha value is -2.82. The second-order valence-electron chi connectivity index (χ2n) is 4.95. The Bertz CT molecular complexity index is 781. The molecule has 0 saturated heterocycles. The molecule has 0 heterocycles. The Balaban J connectivity index is 2.18. The van der Waals surface area contributed by atoms with Crippen molar-refractivity contribution < 1.29 is 14.3 Å². The zero-order valence-electron chi connectivity index (χ0n) is 11.5. The lowest BCUT2D eigenvalue weighted by molar-refractivity contribution is 0.0990. The van der Waals surface area contributed by atoms with Gasteiger partial charge in [0.25, 0.3) is 5.91 Å². The zero-order valence-corrected chi connectivity index (χ0v) is 11.5. The maximum atomic E-state index is 11.5. The van der Waals surface area contributed by atoms with Crippen molar-refractivity contribution in [1.82, 2.24) is 0 Å². The summed E-state index contributed by atoms with van der Waals surface area (Å²) >= 11 is 0. The van der Waals surface area contributed by atoms with Crippen molar-refractivity contribution in [2.45, 2.75) is 6.42 Å². The van der Waals surface area contributed by atoms with E-state index >= 15 is 0 Å². The molecule has 0 spiro atoms. The number of hydrogen-bond donors (Lipinski definition) is 2. The van der Waals surface area contributed by atoms with E-state index in [1.807, 2.05) is 12.1 Å². The summed E-state index contributed by atoms with van der Waals surface area (Å²) < 4.78 is 5.37. The van der Waals surface area contributed by atoms with Crippen molar-refractivity contribution in [3.63, 3.8) is 0 Å². The van der Waals surface area contributed by atoms with E-state index in [4.69, 9.17) is 16.2 Å². The summed E-state index contributed by atoms with van der Waals surface area (Å²) in [5.74, 6) is -0.487. The number of primary amides is 2. The number of ether oxygens (including phenoxy) is 1. The van der Waals surface area contributed by atoms with Crippen LogP contribution in [0.15, 0.2) is 30.3 Å². The van der Waals surface area contributed by atoms with Gasteiger partial charge in [-0.2, -0.15) is 0 Å². The number of methoxy groups -OCH3 is 1. The molecule has 5 heteroatoms. The highest BCUT2D eigenvalue weighted by Gasteiger charge is 2.25. The van der Waals surface area contributed by atoms with Gasteiger partial charge in [-0.25, -0.2) is 0 Å². The smallest absolute Gasteiger partial charge is 0.252 e. The first-order valence-corrected chi connectivity index (χ1v) is 6.45. The number of nitrogens with two attached hydrogens (primary N) is 2. The zero-order chi connectivity index (χ0) is 15.1. The minimum absolute atomic E-state index is 0.360. The molecular formula is C16H14N2O3. The summed E-state index contributed by atoms with van der Waals surface area (Å²) in [6, 6.07) is 8.86. The first-order chi connectivity index (χ1) is 10.0. The lowest BCUT2D eigenvalue weighted by atomic mass is 10.0. The molecular weight excluding hydrogens is 268 g/mol. The van der Waals surface area contributed by atoms with Crippen LogP contribution in [0.1, 0.15) is 31.8 Å². The van der Waals surface area contributed by atoms with E-state index in [-0.39, 0.29) is 0 Å². The first kappa shape index (κ1) is 13.2. The Morgan fingerprint density at radius 3 is 2.38 bits per heavy atom. The predicted molar refractivity (Wildman–Crippen MR) is 78.3 cm³/mol. The number of benzene rings is 2. The monoisotopic (exact) mass is 282 g/mol. The summed E-state index contributed by atoms with van der Waals surface area (Å²) in [5, 5.41) is 0. The summed E-state index contributed by atoms with van der Waals surface area (Å²) in [5.41, 5.74) is 15.4. The molecule has 21 heavy (non-hydrogen) atoms. The minimum Gasteiger partial charge on any atom is -0.496 e. The maximum absolute atomic E-state index is 11.5. The van der Waals surface area contributed by atoms with E-state index in [1.54, 1.807) is 18.2 Å². The average molecular weight is 282 g/mol. The third-order valence-electron chi connectivity index (χ3n) is 3.78. The Morgan fingerprint density at radius 1 is 1.05 bits per heavy atom. The predicted octanol–water partition coefficient (Wildman–Crippen LogP) is 1.46. The number of carbonyl (C=O) groups is 2. The highest BCUT2D eigenvalue weighted by atomic mass is 16.5. The highest BCUT2D eigenvalue weighted by molar-refractivity contribution is 5.99. The summed E-state index contributed by atoms with van der Waals surface area (Å²) in [7, 11) is 1.51. The van der Waals surface area contributed by atoms with Gasteiger partial charge in [-0.3, -0.25) is 9.59 Å². The van der Waals surface area contributed by atoms with Gasteiger partial charge in [0.05, 0.1) is 12.7 Å². The van der Waals surface area contributed by atoms with Gasteiger partial charge >= 0.3 is 0 Å². The lowest BCUT2D eigenvalue weighted by Crippen LogP contribution is -2.13. The molecule has 0 unspecified atom stereocenters. The van der Waals surface area contributed by atoms with Crippen molar-refractivity contribution >= 4 is 11.8 Å². The van der Waals surface area contributed by atoms with Crippen molar-refractivity contribution in [1.29, 1.82) is 0 Å². The van der Waals surface area contributed by atoms with E-state index in [1.165, 1.54) is 7.11 Å². The van der Waals surface area contributed by atoms with E-state index in [0.717, 1.165) is 22.3 Å². The first-order valence-electron chi connectivity index (χ1n) is 6.45. The minimum atomic E-state index is -0.525. The van der Waals surface area contributed by atoms with E-state index in [9.17, 15) is 9.59 Å². The van der Waals surface area contributed by atoms with Crippen LogP contribution in [0.5, 0.6) is 5.75 Å². The quantitative estimate of drug-likeness (QED) is 0.761. The Kier molecular flexibility index (Phi) is 2.90. The van der Waals surface area contributed by atoms with Crippen LogP contribution in [0.3, 0.4) is 0 Å². The molecule has 4 N–H and O–H groups in total. The normalized spacial score (nSPS) is 11.7. The maximum Gasteiger partial charge on any atom is 0.252 e. The molecule has 1 aliphatic carbocycles. The van der Waals surface area contributed by atoms with Gasteiger partial charge < -0.3 is 16.2 Å². The van der Waals surface area contributed by atoms with E-state index in [2.05, 4.69) is 0 Å². The number of carbonyl (C=O) groups excluding carboxylic acids is 2. The molecule has 2 aromatic carbocycles. The molecule has 5 nitrogen and oxygen atoms in total. The largest absolute Gasteiger partial charge is 0.496 e. The number of amides is 2. The van der Waals surface area contributed by atoms with Crippen molar-refractivity contribution in [3.8, 4) is 16.9 Å². The molecule has 0 radical (unpaired) electrons. The van der Waals surface area contributed by atoms with Gasteiger partial charge in [0.2, 0.25) is 5.91 Å². The van der Waals surface area contributed by atoms with Crippen LogP contribution in [0.4, 0.5) is 0 Å². The molecule has 0 fully saturated rings. The fourth-order valence-electron chi connectivity index (χ4n) is 2.83. The van der Waals surface area contributed by atoms with Crippen molar-refractivity contribution in [3.05, 3.63) is 52.6 Å². The Labute approximate surface area is 121 Å². The van der Waals surface area contributed by atoms with Gasteiger partial charge in [-0.15, -0.1) is 0 Å². The van der Waals surface area contributed by atoms with Crippen LogP contribution in [-0.2, 0) is 6.42 Å². The summed E-state index contributed by atoms with van der Waals surface area (Å²) in [4.78, 5) is 22.8. The topological polar surface area (TPSA) is 95.4 Å². The highest BCUT2D eigenvalue weighted by Crippen LogP contribution is 2.42. The van der Waals surface area contributed by atoms with Gasteiger partial charge in [0, 0.05) is 17.5 Å². The molecule has 0 aromatic heterocycles. The van der Waals surface area contributed by atoms with Gasteiger partial charge in [-0.1, -0.05) is 12.1 Å². The standard InChI is InChI=1S/C16H14N2O3/c1-21-14-12(16(18)20)5-4-11-10-3-2-8(15(17)19)6-9(10)7-13(11)14/h2-6H,7H2,1H3,(H2,17,19)(H2,18,20). The molecule has 106 valence electrons. The van der Waals surface area contributed by atoms with Gasteiger partial charge in [-0.05, 0) is 34.9 Å². The lowest BCUT2D eigenvalue weighted by Gasteiger charge is -2.11. The van der Waals surface area contributed by atoms with Crippen LogP contribution in [-0.4, -0.2) is 18.9 Å². The number of rotatable bonds is 3. The second kappa shape index (κ2) is 4.63. The average Bonchev–Trinajstić information content (AvgIpc) is 2.83. The third-order valence-corrected chi connectivity index (χ3v) is 3.78. The van der Waals surface area contributed by atoms with Crippen molar-refractivity contribution in [2.24, 2.45) is 11.5 Å². The van der Waals surface area contributed by atoms with Gasteiger partial charge in [0.1, 0.15) is 5.75 Å². The van der Waals surface area contributed by atoms with Crippen LogP contribution in [0.25, 0.3) is 11.1 Å². The molecule has 0 bridgehead atoms. The van der Waals surface area contributed by atoms with E-state index in [0.29, 0.717) is 23.3 Å². The van der Waals surface area contributed by atoms with Gasteiger partial charge in [0.15, 0.2) is 0 Å². The van der Waals surface area contributed by atoms with E-state index < -0.39 is 11.8 Å². The molecule has 2 amide bonds. The molecule has 3 rings (SSSR count). The van der Waals surface area contributed by atoms with Crippen LogP contribution in [0.2, 0.25) is 0 Å². The molecule has 1 aliphatic rings. The molecule has 0 saturated carbocycles. The van der Waals surface area contributed by atoms with Crippen LogP contribution >= 0.6 is 0 Å². The fraction of sp³-hybridized carbons (Fsp3) is 0.125. The fourth-order valence-corrected chi connectivity index (χ4v) is 2.83. The number of hydrogen-bond acceptors (Lipinski definition) is 3. The summed E-state index contributed by atoms with van der Waals surface area (Å²) in [6.07, 6.45) is 0.579. The van der Waals surface area contributed by atoms with Crippen LogP contribution < -0.4 is 16.2 Å². The molecule has 0 aliphatic heterocycles. The Morgan fingerprint density at radius 2 is 1.76 bits per heavy atom. The third kappa shape index (κ3) is 1.94. The van der Waals surface area contributed by atoms with Crippen molar-refractivity contribution in [2.75, 3.05) is 7.11 Å². The molecule has 0 atom stereocenters. The SMILES string of the molecule is COc1c(C(N)=O)ccc2c1Cc1cc(C(N)=O)ccc1-2. The van der Waals surface area contributed by atoms with Crippen LogP contribution in [0, 0.1) is 0 Å². The number of fused-ring (bicyclic) bond motifs is 3. The molecule has 2 aromatic rings. The summed E-state index contributed by atoms with van der Waals surface area (Å²) in [6.45, 7) is 0.